The third kappa shape index (κ3) is 2.63. The number of allylic oxidation sites excluding steroid dienone is 1. The van der Waals surface area contributed by atoms with Gasteiger partial charge in [-0.2, -0.15) is 13.2 Å². The number of ether oxygens (including phenoxy) is 2. The topological polar surface area (TPSA) is 52.6 Å². The van der Waals surface area contributed by atoms with E-state index in [2.05, 4.69) is 11.3 Å². The lowest BCUT2D eigenvalue weighted by atomic mass is 9.41. The minimum absolute atomic E-state index is 0.0867. The maximum absolute atomic E-state index is 14.5. The summed E-state index contributed by atoms with van der Waals surface area (Å²) < 4.78 is 66.5. The van der Waals surface area contributed by atoms with Gasteiger partial charge >= 0.3 is 23.7 Å². The largest absolute Gasteiger partial charge is 0.466 e. The van der Waals surface area contributed by atoms with Gasteiger partial charge in [0.15, 0.2) is 0 Å². The Hall–Kier alpha value is -1.60. The van der Waals surface area contributed by atoms with Crippen LogP contribution < -0.4 is 0 Å². The number of hydrogen-bond acceptors (Lipinski definition) is 4. The summed E-state index contributed by atoms with van der Waals surface area (Å²) in [6.07, 6.45) is -3.51. The molecule has 0 bridgehead atoms. The molecular formula is C22H28F4O4. The Bertz CT molecular complexity index is 805. The summed E-state index contributed by atoms with van der Waals surface area (Å²) in [5.41, 5.74) is -5.90. The second-order valence-corrected chi connectivity index (χ2v) is 10.2. The molecule has 4 saturated carbocycles. The van der Waals surface area contributed by atoms with E-state index >= 15 is 0 Å². The first-order chi connectivity index (χ1) is 13.8. The van der Waals surface area contributed by atoms with E-state index in [9.17, 15) is 27.2 Å². The molecule has 4 nitrogen and oxygen atoms in total. The number of rotatable bonds is 8. The van der Waals surface area contributed by atoms with Crippen molar-refractivity contribution >= 4 is 11.9 Å². The minimum atomic E-state index is -5.18. The molecule has 0 aromatic rings. The summed E-state index contributed by atoms with van der Waals surface area (Å²) in [7, 11) is 0.827. The molecule has 8 heteroatoms. The highest BCUT2D eigenvalue weighted by molar-refractivity contribution is 5.88. The molecule has 4 aliphatic rings. The van der Waals surface area contributed by atoms with E-state index in [1.807, 2.05) is 0 Å². The predicted molar refractivity (Wildman–Crippen MR) is 98.9 cm³/mol. The first-order valence-electron chi connectivity index (χ1n) is 10.5. The number of carbonyl (C=O) groups excluding carboxylic acids is 2. The lowest BCUT2D eigenvalue weighted by Gasteiger charge is -2.62. The minimum Gasteiger partial charge on any atom is -0.466 e. The normalized spacial score (nSPS) is 39.2. The molecule has 1 spiro atoms. The Morgan fingerprint density at radius 1 is 1.10 bits per heavy atom. The van der Waals surface area contributed by atoms with Gasteiger partial charge in [-0.25, -0.2) is 9.18 Å². The lowest BCUT2D eigenvalue weighted by Crippen LogP contribution is -2.64. The van der Waals surface area contributed by atoms with Crippen LogP contribution in [-0.4, -0.2) is 36.5 Å². The number of carbonyl (C=O) groups is 2. The third-order valence-electron chi connectivity index (χ3n) is 8.56. The fraction of sp³-hybridized carbons (Fsp3) is 0.818. The molecule has 0 aliphatic heterocycles. The van der Waals surface area contributed by atoms with Crippen LogP contribution in [0.3, 0.4) is 0 Å². The van der Waals surface area contributed by atoms with E-state index in [1.54, 1.807) is 0 Å². The van der Waals surface area contributed by atoms with Gasteiger partial charge in [0.25, 0.3) is 0 Å². The average Bonchev–Trinajstić information content (AvgIpc) is 3.28. The van der Waals surface area contributed by atoms with Gasteiger partial charge in [-0.15, -0.1) is 0 Å². The monoisotopic (exact) mass is 432 g/mol. The third-order valence-corrected chi connectivity index (χ3v) is 8.56. The number of alkyl halides is 4. The molecule has 7 atom stereocenters. The smallest absolute Gasteiger partial charge is 0.439 e. The van der Waals surface area contributed by atoms with Crippen molar-refractivity contribution in [2.75, 3.05) is 7.11 Å². The van der Waals surface area contributed by atoms with Crippen LogP contribution in [-0.2, 0) is 19.1 Å². The Labute approximate surface area is 173 Å². The van der Waals surface area contributed by atoms with Gasteiger partial charge in [-0.05, 0) is 81.1 Å². The fourth-order valence-electron chi connectivity index (χ4n) is 6.74. The molecule has 168 valence electrons. The Morgan fingerprint density at radius 2 is 1.77 bits per heavy atom. The van der Waals surface area contributed by atoms with Crippen LogP contribution in [0.25, 0.3) is 0 Å². The van der Waals surface area contributed by atoms with Crippen LogP contribution in [0.5, 0.6) is 0 Å². The predicted octanol–water partition coefficient (Wildman–Crippen LogP) is 4.91. The van der Waals surface area contributed by atoms with E-state index < -0.39 is 41.2 Å². The van der Waals surface area contributed by atoms with Crippen LogP contribution in [0.4, 0.5) is 17.6 Å². The quantitative estimate of drug-likeness (QED) is 0.311. The van der Waals surface area contributed by atoms with Crippen molar-refractivity contribution in [3.05, 3.63) is 12.2 Å². The van der Waals surface area contributed by atoms with Gasteiger partial charge in [0, 0.05) is 6.42 Å². The van der Waals surface area contributed by atoms with Gasteiger partial charge in [-0.3, -0.25) is 4.79 Å². The van der Waals surface area contributed by atoms with E-state index in [0.717, 1.165) is 20.0 Å². The average molecular weight is 432 g/mol. The molecule has 0 aromatic heterocycles. The molecule has 4 fully saturated rings. The van der Waals surface area contributed by atoms with Crippen LogP contribution >= 0.6 is 0 Å². The molecule has 4 rings (SSSR count). The SMILES string of the molecule is C=C(C)C(C)(F)CCCC(OC(=O)C12CC3CC4(CC4C1)C32)(C(=O)OC)C(F)(F)F. The van der Waals surface area contributed by atoms with Crippen LogP contribution in [0.2, 0.25) is 0 Å². The summed E-state index contributed by atoms with van der Waals surface area (Å²) in [5, 5.41) is 0. The van der Waals surface area contributed by atoms with Crippen molar-refractivity contribution in [1.82, 2.24) is 0 Å². The van der Waals surface area contributed by atoms with Crippen molar-refractivity contribution in [1.29, 1.82) is 0 Å². The summed E-state index contributed by atoms with van der Waals surface area (Å²) >= 11 is 0. The molecule has 7 unspecified atom stereocenters. The van der Waals surface area contributed by atoms with E-state index in [0.29, 0.717) is 24.7 Å². The molecule has 0 aromatic carbocycles. The van der Waals surface area contributed by atoms with Crippen molar-refractivity contribution in [3.8, 4) is 0 Å². The lowest BCUT2D eigenvalue weighted by molar-refractivity contribution is -0.283. The van der Waals surface area contributed by atoms with E-state index in [-0.39, 0.29) is 29.7 Å². The molecular weight excluding hydrogens is 404 g/mol. The highest BCUT2D eigenvalue weighted by atomic mass is 19.4. The summed E-state index contributed by atoms with van der Waals surface area (Å²) in [6.45, 7) is 6.19. The standard InChI is InChI=1S/C22H28F4O4/c1-12(2)18(3,23)6-5-7-21(17(28)29-4,22(24,25)26)30-16(27)20-9-13-8-19(15(13)20)10-14(19)11-20/h13-15H,1,5-11H2,2-4H3. The molecule has 4 aliphatic carbocycles. The maximum Gasteiger partial charge on any atom is 0.439 e. The van der Waals surface area contributed by atoms with Crippen LogP contribution in [0.1, 0.15) is 58.8 Å². The summed E-state index contributed by atoms with van der Waals surface area (Å²) in [6, 6.07) is 0. The number of hydrogen-bond donors (Lipinski definition) is 0. The van der Waals surface area contributed by atoms with Gasteiger partial charge < -0.3 is 9.47 Å². The highest BCUT2D eigenvalue weighted by Crippen LogP contribution is 2.90. The molecule has 30 heavy (non-hydrogen) atoms. The zero-order valence-electron chi connectivity index (χ0n) is 17.5. The summed E-state index contributed by atoms with van der Waals surface area (Å²) in [5.74, 6) is -1.76. The van der Waals surface area contributed by atoms with Gasteiger partial charge in [0.05, 0.1) is 12.5 Å². The Morgan fingerprint density at radius 3 is 2.30 bits per heavy atom. The van der Waals surface area contributed by atoms with Gasteiger partial charge in [-0.1, -0.05) is 6.58 Å². The van der Waals surface area contributed by atoms with Crippen LogP contribution in [0.15, 0.2) is 12.2 Å². The molecule has 0 heterocycles. The Balaban J connectivity index is 1.55. The van der Waals surface area contributed by atoms with E-state index in [1.165, 1.54) is 13.8 Å². The first kappa shape index (κ1) is 21.6. The zero-order valence-corrected chi connectivity index (χ0v) is 17.5. The van der Waals surface area contributed by atoms with Gasteiger partial charge in [0.1, 0.15) is 5.67 Å². The number of halogens is 4. The zero-order chi connectivity index (χ0) is 22.3. The molecule has 0 amide bonds. The van der Waals surface area contributed by atoms with Crippen molar-refractivity contribution in [3.63, 3.8) is 0 Å². The number of esters is 2. The van der Waals surface area contributed by atoms with E-state index in [4.69, 9.17) is 4.74 Å². The molecule has 0 N–H and O–H groups in total. The fourth-order valence-corrected chi connectivity index (χ4v) is 6.74. The Kier molecular flexibility index (Phi) is 4.49. The molecule has 0 saturated heterocycles. The van der Waals surface area contributed by atoms with Crippen molar-refractivity contribution in [2.45, 2.75) is 76.2 Å². The second-order valence-electron chi connectivity index (χ2n) is 10.2. The highest BCUT2D eigenvalue weighted by Gasteiger charge is 2.86. The second kappa shape index (κ2) is 6.22. The summed E-state index contributed by atoms with van der Waals surface area (Å²) in [4.78, 5) is 25.4. The maximum atomic E-state index is 14.5. The van der Waals surface area contributed by atoms with Crippen molar-refractivity contribution < 1.29 is 36.6 Å². The van der Waals surface area contributed by atoms with Gasteiger partial charge in [0.2, 0.25) is 0 Å². The molecule has 0 radical (unpaired) electrons. The first-order valence-corrected chi connectivity index (χ1v) is 10.5. The van der Waals surface area contributed by atoms with Crippen LogP contribution in [0, 0.1) is 28.6 Å². The van der Waals surface area contributed by atoms with Crippen molar-refractivity contribution in [2.24, 2.45) is 28.6 Å². The number of methoxy groups -OCH3 is 1.